The zero-order valence-corrected chi connectivity index (χ0v) is 17.2. The van der Waals surface area contributed by atoms with Gasteiger partial charge < -0.3 is 14.7 Å². The van der Waals surface area contributed by atoms with Crippen LogP contribution in [0.3, 0.4) is 0 Å². The molecule has 1 atom stereocenters. The van der Waals surface area contributed by atoms with Crippen molar-refractivity contribution in [1.29, 1.82) is 0 Å². The van der Waals surface area contributed by atoms with E-state index in [-0.39, 0.29) is 17.9 Å². The molecular weight excluding hydrogens is 406 g/mol. The van der Waals surface area contributed by atoms with E-state index in [1.165, 1.54) is 4.90 Å². The SMILES string of the molecule is C=CCOc1ccc(/C(O)=C2/C(=O)C(=O)N(Cc3cccnc3)C2c2ccncc2)cc1. The Labute approximate surface area is 185 Å². The largest absolute Gasteiger partial charge is 0.507 e. The zero-order valence-electron chi connectivity index (χ0n) is 17.2. The summed E-state index contributed by atoms with van der Waals surface area (Å²) in [4.78, 5) is 35.6. The Balaban J connectivity index is 1.77. The number of pyridine rings is 2. The third kappa shape index (κ3) is 4.13. The van der Waals surface area contributed by atoms with Crippen LogP contribution in [0.1, 0.15) is 22.7 Å². The third-order valence-electron chi connectivity index (χ3n) is 5.13. The number of nitrogens with zero attached hydrogens (tertiary/aromatic N) is 3. The summed E-state index contributed by atoms with van der Waals surface area (Å²) in [5.74, 6) is -1.05. The van der Waals surface area contributed by atoms with E-state index in [9.17, 15) is 14.7 Å². The number of aromatic nitrogens is 2. The monoisotopic (exact) mass is 427 g/mol. The number of amides is 1. The number of hydrogen-bond acceptors (Lipinski definition) is 6. The molecule has 0 radical (unpaired) electrons. The van der Waals surface area contributed by atoms with Crippen LogP contribution in [0.2, 0.25) is 0 Å². The van der Waals surface area contributed by atoms with Crippen LogP contribution >= 0.6 is 0 Å². The molecule has 1 saturated heterocycles. The molecule has 1 fully saturated rings. The van der Waals surface area contributed by atoms with Crippen LogP contribution in [0.5, 0.6) is 5.75 Å². The molecule has 0 saturated carbocycles. The fourth-order valence-corrected chi connectivity index (χ4v) is 3.64. The Morgan fingerprint density at radius 2 is 1.81 bits per heavy atom. The lowest BCUT2D eigenvalue weighted by Crippen LogP contribution is -2.29. The molecule has 3 aromatic rings. The van der Waals surface area contributed by atoms with Gasteiger partial charge in [-0.05, 0) is 53.6 Å². The van der Waals surface area contributed by atoms with Crippen molar-refractivity contribution in [3.63, 3.8) is 0 Å². The van der Waals surface area contributed by atoms with Crippen molar-refractivity contribution in [3.05, 3.63) is 108 Å². The summed E-state index contributed by atoms with van der Waals surface area (Å²) in [5, 5.41) is 11.1. The van der Waals surface area contributed by atoms with Gasteiger partial charge in [-0.3, -0.25) is 19.6 Å². The molecule has 1 amide bonds. The predicted molar refractivity (Wildman–Crippen MR) is 118 cm³/mol. The van der Waals surface area contributed by atoms with Crippen molar-refractivity contribution in [3.8, 4) is 5.75 Å². The molecule has 7 heteroatoms. The summed E-state index contributed by atoms with van der Waals surface area (Å²) in [6, 6.07) is 13.0. The van der Waals surface area contributed by atoms with Crippen LogP contribution in [0, 0.1) is 0 Å². The Kier molecular flexibility index (Phi) is 6.07. The van der Waals surface area contributed by atoms with E-state index in [4.69, 9.17) is 4.74 Å². The molecule has 0 bridgehead atoms. The number of aliphatic hydroxyl groups excluding tert-OH is 1. The quantitative estimate of drug-likeness (QED) is 0.268. The maximum atomic E-state index is 13.0. The molecule has 1 N–H and O–H groups in total. The zero-order chi connectivity index (χ0) is 22.5. The van der Waals surface area contributed by atoms with Gasteiger partial charge in [0, 0.05) is 36.9 Å². The number of carbonyl (C=O) groups excluding carboxylic acids is 2. The van der Waals surface area contributed by atoms with Gasteiger partial charge in [0.25, 0.3) is 11.7 Å². The number of aliphatic hydroxyl groups is 1. The summed E-state index contributed by atoms with van der Waals surface area (Å²) in [5.41, 5.74) is 1.90. The van der Waals surface area contributed by atoms with Crippen LogP contribution in [0.15, 0.2) is 91.5 Å². The first-order valence-corrected chi connectivity index (χ1v) is 10.0. The Morgan fingerprint density at radius 3 is 2.47 bits per heavy atom. The second kappa shape index (κ2) is 9.26. The first-order chi connectivity index (χ1) is 15.6. The first kappa shape index (κ1) is 21.0. The molecule has 7 nitrogen and oxygen atoms in total. The summed E-state index contributed by atoms with van der Waals surface area (Å²) < 4.78 is 5.47. The number of Topliss-reactive ketones (excluding diaryl/α,β-unsaturated/α-hetero) is 1. The summed E-state index contributed by atoms with van der Waals surface area (Å²) >= 11 is 0. The van der Waals surface area contributed by atoms with Crippen molar-refractivity contribution in [2.45, 2.75) is 12.6 Å². The van der Waals surface area contributed by atoms with Crippen molar-refractivity contribution in [2.24, 2.45) is 0 Å². The number of rotatable bonds is 7. The van der Waals surface area contributed by atoms with Gasteiger partial charge in [0.05, 0.1) is 11.6 Å². The van der Waals surface area contributed by atoms with Gasteiger partial charge in [-0.1, -0.05) is 18.7 Å². The lowest BCUT2D eigenvalue weighted by Gasteiger charge is -2.25. The molecular formula is C25H21N3O4. The number of carbonyl (C=O) groups is 2. The van der Waals surface area contributed by atoms with Crippen LogP contribution in [-0.4, -0.2) is 38.3 Å². The van der Waals surface area contributed by atoms with E-state index >= 15 is 0 Å². The first-order valence-electron chi connectivity index (χ1n) is 10.0. The Bertz CT molecular complexity index is 1160. The fourth-order valence-electron chi connectivity index (χ4n) is 3.64. The summed E-state index contributed by atoms with van der Waals surface area (Å²) in [6.45, 7) is 4.14. The highest BCUT2D eigenvalue weighted by atomic mass is 16.5. The van der Waals surface area contributed by atoms with Crippen LogP contribution in [-0.2, 0) is 16.1 Å². The number of ether oxygens (including phenoxy) is 1. The molecule has 1 aliphatic rings. The molecule has 4 rings (SSSR count). The van der Waals surface area contributed by atoms with E-state index in [1.807, 2.05) is 6.07 Å². The van der Waals surface area contributed by atoms with Crippen LogP contribution in [0.25, 0.3) is 5.76 Å². The minimum absolute atomic E-state index is 0.0323. The number of ketones is 1. The molecule has 0 aliphatic carbocycles. The molecule has 2 aromatic heterocycles. The highest BCUT2D eigenvalue weighted by Gasteiger charge is 2.46. The lowest BCUT2D eigenvalue weighted by molar-refractivity contribution is -0.140. The highest BCUT2D eigenvalue weighted by Crippen LogP contribution is 2.40. The van der Waals surface area contributed by atoms with Crippen LogP contribution < -0.4 is 4.74 Å². The van der Waals surface area contributed by atoms with Gasteiger partial charge in [-0.25, -0.2) is 0 Å². The van der Waals surface area contributed by atoms with Gasteiger partial charge in [0.1, 0.15) is 18.1 Å². The maximum Gasteiger partial charge on any atom is 0.295 e. The van der Waals surface area contributed by atoms with E-state index in [0.29, 0.717) is 23.5 Å². The molecule has 0 spiro atoms. The lowest BCUT2D eigenvalue weighted by atomic mass is 9.96. The average Bonchev–Trinajstić information content (AvgIpc) is 3.09. The van der Waals surface area contributed by atoms with E-state index < -0.39 is 17.7 Å². The fraction of sp³-hybridized carbons (Fsp3) is 0.120. The molecule has 3 heterocycles. The average molecular weight is 427 g/mol. The Hall–Kier alpha value is -4.26. The number of hydrogen-bond donors (Lipinski definition) is 1. The van der Waals surface area contributed by atoms with Crippen molar-refractivity contribution in [2.75, 3.05) is 6.61 Å². The predicted octanol–water partition coefficient (Wildman–Crippen LogP) is 3.66. The van der Waals surface area contributed by atoms with Gasteiger partial charge in [0.2, 0.25) is 0 Å². The van der Waals surface area contributed by atoms with E-state index in [2.05, 4.69) is 16.5 Å². The van der Waals surface area contributed by atoms with Crippen LogP contribution in [0.4, 0.5) is 0 Å². The number of benzene rings is 1. The van der Waals surface area contributed by atoms with E-state index in [1.54, 1.807) is 73.3 Å². The second-order valence-corrected chi connectivity index (χ2v) is 7.19. The molecule has 160 valence electrons. The standard InChI is InChI=1S/C25H21N3O4/c1-2-14-32-20-7-5-19(6-8-20)23(29)21-22(18-9-12-26-13-10-18)28(25(31)24(21)30)16-17-4-3-11-27-15-17/h2-13,15,22,29H,1,14,16H2/b23-21-. The minimum atomic E-state index is -0.755. The Morgan fingerprint density at radius 1 is 1.06 bits per heavy atom. The van der Waals surface area contributed by atoms with Crippen molar-refractivity contribution < 1.29 is 19.4 Å². The van der Waals surface area contributed by atoms with Crippen molar-refractivity contribution >= 4 is 17.4 Å². The second-order valence-electron chi connectivity index (χ2n) is 7.19. The normalized spacial score (nSPS) is 17.4. The van der Waals surface area contributed by atoms with Gasteiger partial charge in [0.15, 0.2) is 0 Å². The summed E-state index contributed by atoms with van der Waals surface area (Å²) in [7, 11) is 0. The molecule has 32 heavy (non-hydrogen) atoms. The molecule has 1 aromatic carbocycles. The third-order valence-corrected chi connectivity index (χ3v) is 5.13. The molecule has 1 aliphatic heterocycles. The topological polar surface area (TPSA) is 92.6 Å². The minimum Gasteiger partial charge on any atom is -0.507 e. The summed E-state index contributed by atoms with van der Waals surface area (Å²) in [6.07, 6.45) is 8.09. The number of likely N-dealkylation sites (tertiary alicyclic amines) is 1. The van der Waals surface area contributed by atoms with Gasteiger partial charge in [-0.2, -0.15) is 0 Å². The van der Waals surface area contributed by atoms with Gasteiger partial charge in [-0.15, -0.1) is 0 Å². The molecule has 1 unspecified atom stereocenters. The van der Waals surface area contributed by atoms with E-state index in [0.717, 1.165) is 5.56 Å². The highest BCUT2D eigenvalue weighted by molar-refractivity contribution is 6.46. The van der Waals surface area contributed by atoms with Gasteiger partial charge >= 0.3 is 0 Å². The van der Waals surface area contributed by atoms with Crippen molar-refractivity contribution in [1.82, 2.24) is 14.9 Å². The maximum absolute atomic E-state index is 13.0. The smallest absolute Gasteiger partial charge is 0.295 e.